The molecule has 21 heavy (non-hydrogen) atoms. The van der Waals surface area contributed by atoms with Crippen LogP contribution in [0, 0.1) is 6.92 Å². The Hall–Kier alpha value is -1.62. The van der Waals surface area contributed by atoms with Crippen LogP contribution in [0.4, 0.5) is 0 Å². The van der Waals surface area contributed by atoms with Gasteiger partial charge >= 0.3 is 0 Å². The van der Waals surface area contributed by atoms with E-state index in [2.05, 4.69) is 6.92 Å². The van der Waals surface area contributed by atoms with E-state index >= 15 is 0 Å². The monoisotopic (exact) mass is 307 g/mol. The number of amides is 1. The highest BCUT2D eigenvalue weighted by molar-refractivity contribution is 7.10. The summed E-state index contributed by atoms with van der Waals surface area (Å²) in [7, 11) is 0. The largest absolute Gasteiger partial charge is 0.503 e. The first-order valence-corrected chi connectivity index (χ1v) is 8.22. The lowest BCUT2D eigenvalue weighted by atomic mass is 9.98. The van der Waals surface area contributed by atoms with Gasteiger partial charge in [-0.25, -0.2) is 0 Å². The number of hydrogen-bond donors (Lipinski definition) is 1. The van der Waals surface area contributed by atoms with Crippen molar-refractivity contribution in [2.75, 3.05) is 6.54 Å². The minimum Gasteiger partial charge on any atom is -0.503 e. The molecule has 1 aliphatic heterocycles. The van der Waals surface area contributed by atoms with Crippen molar-refractivity contribution in [3.63, 3.8) is 0 Å². The standard InChI is InChI=1S/C16H21NO3S/c1-4-6-8-17-13(15-10(3)7-9-21-15)12(11(18)5-2)14(19)16(17)20/h7,9,13,19H,4-6,8H2,1-3H3. The number of thiophene rings is 1. The van der Waals surface area contributed by atoms with Gasteiger partial charge in [-0.05, 0) is 30.4 Å². The maximum Gasteiger partial charge on any atom is 0.290 e. The molecule has 1 aliphatic rings. The van der Waals surface area contributed by atoms with E-state index in [9.17, 15) is 14.7 Å². The van der Waals surface area contributed by atoms with Crippen LogP contribution < -0.4 is 0 Å². The number of Topliss-reactive ketones (excluding diaryl/α,β-unsaturated/α-hetero) is 1. The number of carbonyl (C=O) groups is 2. The van der Waals surface area contributed by atoms with Crippen LogP contribution in [0.25, 0.3) is 0 Å². The smallest absolute Gasteiger partial charge is 0.290 e. The summed E-state index contributed by atoms with van der Waals surface area (Å²) in [4.78, 5) is 27.2. The number of aryl methyl sites for hydroxylation is 1. The summed E-state index contributed by atoms with van der Waals surface area (Å²) in [6.07, 6.45) is 2.10. The Morgan fingerprint density at radius 3 is 2.67 bits per heavy atom. The Labute approximate surface area is 129 Å². The normalized spacial score (nSPS) is 18.7. The Morgan fingerprint density at radius 2 is 2.14 bits per heavy atom. The summed E-state index contributed by atoms with van der Waals surface area (Å²) in [5.41, 5.74) is 1.32. The van der Waals surface area contributed by atoms with Crippen LogP contribution in [-0.2, 0) is 9.59 Å². The van der Waals surface area contributed by atoms with Crippen molar-refractivity contribution in [1.82, 2.24) is 4.90 Å². The van der Waals surface area contributed by atoms with Crippen LogP contribution in [0.15, 0.2) is 22.8 Å². The fraction of sp³-hybridized carbons (Fsp3) is 0.500. The SMILES string of the molecule is CCCCN1C(=O)C(O)=C(C(=O)CC)C1c1sccc1C. The lowest BCUT2D eigenvalue weighted by Gasteiger charge is -2.26. The van der Waals surface area contributed by atoms with Crippen molar-refractivity contribution >= 4 is 23.0 Å². The van der Waals surface area contributed by atoms with Crippen LogP contribution >= 0.6 is 11.3 Å². The molecule has 1 aromatic heterocycles. The molecule has 0 saturated heterocycles. The number of nitrogens with zero attached hydrogens (tertiary/aromatic N) is 1. The summed E-state index contributed by atoms with van der Waals surface area (Å²) in [6, 6.07) is 1.56. The maximum absolute atomic E-state index is 12.3. The van der Waals surface area contributed by atoms with E-state index in [0.717, 1.165) is 23.3 Å². The van der Waals surface area contributed by atoms with Gasteiger partial charge in [0.05, 0.1) is 11.6 Å². The van der Waals surface area contributed by atoms with Gasteiger partial charge in [0, 0.05) is 17.8 Å². The van der Waals surface area contributed by atoms with Gasteiger partial charge in [-0.2, -0.15) is 0 Å². The van der Waals surface area contributed by atoms with Gasteiger partial charge in [0.1, 0.15) is 0 Å². The molecule has 0 aromatic carbocycles. The summed E-state index contributed by atoms with van der Waals surface area (Å²) in [6.45, 7) is 6.33. The Morgan fingerprint density at radius 1 is 1.43 bits per heavy atom. The summed E-state index contributed by atoms with van der Waals surface area (Å²) < 4.78 is 0. The summed E-state index contributed by atoms with van der Waals surface area (Å²) >= 11 is 1.53. The molecule has 0 spiro atoms. The zero-order valence-corrected chi connectivity index (χ0v) is 13.5. The predicted molar refractivity (Wildman–Crippen MR) is 83.4 cm³/mol. The first-order valence-electron chi connectivity index (χ1n) is 7.34. The Balaban J connectivity index is 2.48. The molecule has 114 valence electrons. The molecule has 0 radical (unpaired) electrons. The van der Waals surface area contributed by atoms with E-state index in [1.165, 1.54) is 11.3 Å². The predicted octanol–water partition coefficient (Wildman–Crippen LogP) is 3.53. The number of unbranched alkanes of at least 4 members (excludes halogenated alkanes) is 1. The van der Waals surface area contributed by atoms with Gasteiger partial charge in [0.25, 0.3) is 5.91 Å². The lowest BCUT2D eigenvalue weighted by Crippen LogP contribution is -2.31. The molecule has 1 aromatic rings. The van der Waals surface area contributed by atoms with E-state index < -0.39 is 11.9 Å². The van der Waals surface area contributed by atoms with Crippen molar-refractivity contribution in [3.05, 3.63) is 33.2 Å². The zero-order chi connectivity index (χ0) is 15.6. The molecule has 2 rings (SSSR count). The Kier molecular flexibility index (Phi) is 4.83. The van der Waals surface area contributed by atoms with Crippen molar-refractivity contribution in [1.29, 1.82) is 0 Å². The van der Waals surface area contributed by atoms with E-state index in [1.54, 1.807) is 11.8 Å². The molecule has 4 nitrogen and oxygen atoms in total. The molecule has 1 N–H and O–H groups in total. The first kappa shape index (κ1) is 15.8. The number of ketones is 1. The minimum atomic E-state index is -0.420. The van der Waals surface area contributed by atoms with Crippen molar-refractivity contribution in [3.8, 4) is 0 Å². The second-order valence-corrected chi connectivity index (χ2v) is 6.21. The highest BCUT2D eigenvalue weighted by Gasteiger charge is 2.43. The molecule has 1 amide bonds. The topological polar surface area (TPSA) is 57.6 Å². The second kappa shape index (κ2) is 6.43. The molecule has 0 aliphatic carbocycles. The van der Waals surface area contributed by atoms with Gasteiger partial charge in [0.15, 0.2) is 11.5 Å². The summed E-state index contributed by atoms with van der Waals surface area (Å²) in [5.74, 6) is -0.938. The van der Waals surface area contributed by atoms with E-state index in [4.69, 9.17) is 0 Å². The quantitative estimate of drug-likeness (QED) is 0.874. The number of aliphatic hydroxyl groups excluding tert-OH is 1. The molecule has 1 atom stereocenters. The third-order valence-corrected chi connectivity index (χ3v) is 4.90. The van der Waals surface area contributed by atoms with E-state index in [1.807, 2.05) is 18.4 Å². The Bertz CT molecular complexity index is 588. The molecular weight excluding hydrogens is 286 g/mol. The minimum absolute atomic E-state index is 0.155. The third-order valence-electron chi connectivity index (χ3n) is 3.83. The average molecular weight is 307 g/mol. The maximum atomic E-state index is 12.3. The highest BCUT2D eigenvalue weighted by atomic mass is 32.1. The van der Waals surface area contributed by atoms with E-state index in [-0.39, 0.29) is 23.5 Å². The van der Waals surface area contributed by atoms with Gasteiger partial charge in [-0.3, -0.25) is 9.59 Å². The van der Waals surface area contributed by atoms with Gasteiger partial charge in [-0.1, -0.05) is 20.3 Å². The molecule has 2 heterocycles. The van der Waals surface area contributed by atoms with Crippen molar-refractivity contribution in [2.45, 2.75) is 46.1 Å². The van der Waals surface area contributed by atoms with Crippen molar-refractivity contribution in [2.24, 2.45) is 0 Å². The molecule has 0 fully saturated rings. The molecular formula is C16H21NO3S. The molecule has 1 unspecified atom stereocenters. The molecule has 5 heteroatoms. The number of rotatable bonds is 6. The van der Waals surface area contributed by atoms with E-state index in [0.29, 0.717) is 6.54 Å². The first-order chi connectivity index (χ1) is 10.0. The second-order valence-electron chi connectivity index (χ2n) is 5.26. The highest BCUT2D eigenvalue weighted by Crippen LogP contribution is 2.41. The lowest BCUT2D eigenvalue weighted by molar-refractivity contribution is -0.129. The van der Waals surface area contributed by atoms with Crippen LogP contribution in [0.1, 0.15) is 49.6 Å². The van der Waals surface area contributed by atoms with Crippen molar-refractivity contribution < 1.29 is 14.7 Å². The number of hydrogen-bond acceptors (Lipinski definition) is 4. The van der Waals surface area contributed by atoms with Gasteiger partial charge in [-0.15, -0.1) is 11.3 Å². The van der Waals surface area contributed by atoms with Gasteiger partial charge < -0.3 is 10.0 Å². The zero-order valence-electron chi connectivity index (χ0n) is 12.7. The van der Waals surface area contributed by atoms with Crippen LogP contribution in [0.5, 0.6) is 0 Å². The summed E-state index contributed by atoms with van der Waals surface area (Å²) in [5, 5.41) is 12.1. The fourth-order valence-electron chi connectivity index (χ4n) is 2.63. The number of aliphatic hydroxyl groups is 1. The van der Waals surface area contributed by atoms with Gasteiger partial charge in [0.2, 0.25) is 0 Å². The van der Waals surface area contributed by atoms with Crippen LogP contribution in [-0.4, -0.2) is 28.2 Å². The molecule has 0 bridgehead atoms. The van der Waals surface area contributed by atoms with Crippen LogP contribution in [0.3, 0.4) is 0 Å². The fourth-order valence-corrected chi connectivity index (χ4v) is 3.67. The number of carbonyl (C=O) groups excluding carboxylic acids is 2. The molecule has 0 saturated carbocycles. The van der Waals surface area contributed by atoms with Crippen LogP contribution in [0.2, 0.25) is 0 Å². The average Bonchev–Trinajstić information content (AvgIpc) is 2.99. The third kappa shape index (κ3) is 2.75.